The van der Waals surface area contributed by atoms with Crippen LogP contribution in [-0.4, -0.2) is 27.8 Å². The largest absolute Gasteiger partial charge is 0.497 e. The third kappa shape index (κ3) is 3.72. The summed E-state index contributed by atoms with van der Waals surface area (Å²) in [6.07, 6.45) is 3.45. The minimum Gasteiger partial charge on any atom is -0.497 e. The van der Waals surface area contributed by atoms with Crippen LogP contribution in [0.3, 0.4) is 0 Å². The average Bonchev–Trinajstić information content (AvgIpc) is 3.23. The predicted octanol–water partition coefficient (Wildman–Crippen LogP) is 4.81. The van der Waals surface area contributed by atoms with E-state index in [2.05, 4.69) is 10.1 Å². The van der Waals surface area contributed by atoms with Gasteiger partial charge in [0.2, 0.25) is 11.9 Å². The summed E-state index contributed by atoms with van der Waals surface area (Å²) >= 11 is 6.10. The van der Waals surface area contributed by atoms with Gasteiger partial charge in [-0.05, 0) is 48.2 Å². The molecule has 2 aromatic carbocycles. The summed E-state index contributed by atoms with van der Waals surface area (Å²) in [5.74, 6) is 1.43. The molecule has 29 heavy (non-hydrogen) atoms. The molecule has 1 amide bonds. The van der Waals surface area contributed by atoms with Gasteiger partial charge in [0.25, 0.3) is 0 Å². The SMILES string of the molecule is CCCC(=O)N1c2ncnn2[C@H](c2ccc(OC)cc2)C[C@@H]1c1ccc(Cl)cc1. The molecule has 2 heterocycles. The van der Waals surface area contributed by atoms with Gasteiger partial charge in [-0.15, -0.1) is 0 Å². The van der Waals surface area contributed by atoms with E-state index in [0.29, 0.717) is 23.8 Å². The fraction of sp³-hybridized carbons (Fsp3) is 0.318. The highest BCUT2D eigenvalue weighted by molar-refractivity contribution is 6.30. The monoisotopic (exact) mass is 410 g/mol. The molecule has 0 N–H and O–H groups in total. The number of amides is 1. The van der Waals surface area contributed by atoms with Gasteiger partial charge in [0.15, 0.2) is 0 Å². The summed E-state index contributed by atoms with van der Waals surface area (Å²) in [5, 5.41) is 5.12. The van der Waals surface area contributed by atoms with E-state index in [-0.39, 0.29) is 18.0 Å². The Balaban J connectivity index is 1.79. The van der Waals surface area contributed by atoms with E-state index in [1.54, 1.807) is 12.0 Å². The number of nitrogens with zero attached hydrogens (tertiary/aromatic N) is 4. The highest BCUT2D eigenvalue weighted by atomic mass is 35.5. The van der Waals surface area contributed by atoms with Crippen molar-refractivity contribution in [2.75, 3.05) is 12.0 Å². The summed E-state index contributed by atoms with van der Waals surface area (Å²) in [6, 6.07) is 15.5. The molecule has 2 atom stereocenters. The molecule has 0 radical (unpaired) electrons. The van der Waals surface area contributed by atoms with Crippen molar-refractivity contribution in [1.29, 1.82) is 0 Å². The minimum absolute atomic E-state index is 0.0373. The highest BCUT2D eigenvalue weighted by Gasteiger charge is 2.38. The zero-order valence-corrected chi connectivity index (χ0v) is 17.2. The van der Waals surface area contributed by atoms with Gasteiger partial charge < -0.3 is 4.74 Å². The van der Waals surface area contributed by atoms with Crippen LogP contribution in [0.2, 0.25) is 5.02 Å². The molecule has 1 aromatic heterocycles. The van der Waals surface area contributed by atoms with Gasteiger partial charge >= 0.3 is 0 Å². The summed E-state index contributed by atoms with van der Waals surface area (Å²) in [4.78, 5) is 19.3. The number of halogens is 1. The number of hydrogen-bond donors (Lipinski definition) is 0. The van der Waals surface area contributed by atoms with Crippen molar-refractivity contribution in [3.05, 3.63) is 71.0 Å². The van der Waals surface area contributed by atoms with E-state index < -0.39 is 0 Å². The van der Waals surface area contributed by atoms with Gasteiger partial charge in [0.05, 0.1) is 19.2 Å². The van der Waals surface area contributed by atoms with E-state index in [1.807, 2.05) is 60.1 Å². The van der Waals surface area contributed by atoms with Crippen molar-refractivity contribution in [1.82, 2.24) is 14.8 Å². The minimum atomic E-state index is -0.143. The van der Waals surface area contributed by atoms with Crippen LogP contribution in [0, 0.1) is 0 Å². The fourth-order valence-corrected chi connectivity index (χ4v) is 4.01. The number of hydrogen-bond acceptors (Lipinski definition) is 4. The third-order valence-electron chi connectivity index (χ3n) is 5.31. The fourth-order valence-electron chi connectivity index (χ4n) is 3.89. The van der Waals surface area contributed by atoms with Crippen LogP contribution in [0.1, 0.15) is 49.4 Å². The number of rotatable bonds is 5. The number of methoxy groups -OCH3 is 1. The number of benzene rings is 2. The first-order valence-corrected chi connectivity index (χ1v) is 10.1. The van der Waals surface area contributed by atoms with E-state index in [0.717, 1.165) is 23.3 Å². The lowest BCUT2D eigenvalue weighted by molar-refractivity contribution is -0.119. The van der Waals surface area contributed by atoms with Crippen molar-refractivity contribution in [3.63, 3.8) is 0 Å². The van der Waals surface area contributed by atoms with Gasteiger partial charge in [0, 0.05) is 11.4 Å². The Kier molecular flexibility index (Phi) is 5.53. The Hall–Kier alpha value is -2.86. The van der Waals surface area contributed by atoms with E-state index in [1.165, 1.54) is 6.33 Å². The molecule has 0 aliphatic carbocycles. The van der Waals surface area contributed by atoms with Gasteiger partial charge in [-0.2, -0.15) is 10.1 Å². The second-order valence-corrected chi connectivity index (χ2v) is 7.55. The number of anilines is 1. The summed E-state index contributed by atoms with van der Waals surface area (Å²) in [7, 11) is 1.65. The van der Waals surface area contributed by atoms with Gasteiger partial charge in [-0.1, -0.05) is 42.8 Å². The second-order valence-electron chi connectivity index (χ2n) is 7.11. The van der Waals surface area contributed by atoms with Crippen LogP contribution in [-0.2, 0) is 4.79 Å². The molecule has 1 aliphatic rings. The Bertz CT molecular complexity index is 985. The molecule has 0 unspecified atom stereocenters. The molecule has 150 valence electrons. The van der Waals surface area contributed by atoms with Gasteiger partial charge in [-0.25, -0.2) is 4.68 Å². The lowest BCUT2D eigenvalue weighted by atomic mass is 9.91. The second kappa shape index (κ2) is 8.25. The average molecular weight is 411 g/mol. The van der Waals surface area contributed by atoms with Gasteiger partial charge in [-0.3, -0.25) is 9.69 Å². The molecule has 1 aliphatic heterocycles. The molecular formula is C22H23ClN4O2. The van der Waals surface area contributed by atoms with Crippen LogP contribution >= 0.6 is 11.6 Å². The Labute approximate surface area is 175 Å². The topological polar surface area (TPSA) is 60.2 Å². The zero-order chi connectivity index (χ0) is 20.4. The van der Waals surface area contributed by atoms with Crippen LogP contribution in [0.25, 0.3) is 0 Å². The maximum absolute atomic E-state index is 13.0. The van der Waals surface area contributed by atoms with E-state index >= 15 is 0 Å². The highest BCUT2D eigenvalue weighted by Crippen LogP contribution is 2.42. The normalized spacial score (nSPS) is 18.4. The first-order chi connectivity index (χ1) is 14.1. The van der Waals surface area contributed by atoms with Crippen molar-refractivity contribution in [2.45, 2.75) is 38.3 Å². The number of carbonyl (C=O) groups is 1. The Morgan fingerprint density at radius 3 is 2.41 bits per heavy atom. The van der Waals surface area contributed by atoms with Crippen molar-refractivity contribution < 1.29 is 9.53 Å². The number of ether oxygens (including phenoxy) is 1. The third-order valence-corrected chi connectivity index (χ3v) is 5.56. The van der Waals surface area contributed by atoms with Crippen LogP contribution in [0.15, 0.2) is 54.9 Å². The number of carbonyl (C=O) groups excluding carboxylic acids is 1. The Morgan fingerprint density at radius 1 is 1.10 bits per heavy atom. The molecular weight excluding hydrogens is 388 g/mol. The maximum atomic E-state index is 13.0. The van der Waals surface area contributed by atoms with Crippen molar-refractivity contribution >= 4 is 23.5 Å². The molecule has 4 rings (SSSR count). The number of fused-ring (bicyclic) bond motifs is 1. The molecule has 0 spiro atoms. The van der Waals surface area contributed by atoms with Crippen LogP contribution < -0.4 is 9.64 Å². The maximum Gasteiger partial charge on any atom is 0.231 e. The van der Waals surface area contributed by atoms with Crippen molar-refractivity contribution in [3.8, 4) is 5.75 Å². The molecule has 6 nitrogen and oxygen atoms in total. The number of aromatic nitrogens is 3. The molecule has 0 fully saturated rings. The zero-order valence-electron chi connectivity index (χ0n) is 16.5. The van der Waals surface area contributed by atoms with E-state index in [4.69, 9.17) is 16.3 Å². The lowest BCUT2D eigenvalue weighted by Crippen LogP contribution is -2.42. The molecule has 0 bridgehead atoms. The van der Waals surface area contributed by atoms with Crippen molar-refractivity contribution in [2.24, 2.45) is 0 Å². The standard InChI is InChI=1S/C22H23ClN4O2/c1-3-4-21(28)26-19(15-5-9-17(23)10-6-15)13-20(27-22(26)24-14-25-27)16-7-11-18(29-2)12-8-16/h5-12,14,19-20H,3-4,13H2,1-2H3/t19-,20+/m1/s1. The molecule has 7 heteroatoms. The molecule has 0 saturated carbocycles. The van der Waals surface area contributed by atoms with E-state index in [9.17, 15) is 4.79 Å². The predicted molar refractivity (Wildman–Crippen MR) is 112 cm³/mol. The lowest BCUT2D eigenvalue weighted by Gasteiger charge is -2.39. The van der Waals surface area contributed by atoms with Crippen LogP contribution in [0.5, 0.6) is 5.75 Å². The Morgan fingerprint density at radius 2 is 1.76 bits per heavy atom. The summed E-state index contributed by atoms with van der Waals surface area (Å²) in [6.45, 7) is 2.00. The first kappa shape index (κ1) is 19.5. The first-order valence-electron chi connectivity index (χ1n) is 9.73. The quantitative estimate of drug-likeness (QED) is 0.605. The molecule has 3 aromatic rings. The molecule has 0 saturated heterocycles. The van der Waals surface area contributed by atoms with Gasteiger partial charge in [0.1, 0.15) is 12.1 Å². The van der Waals surface area contributed by atoms with Crippen LogP contribution in [0.4, 0.5) is 5.95 Å². The summed E-state index contributed by atoms with van der Waals surface area (Å²) in [5.41, 5.74) is 2.13. The smallest absolute Gasteiger partial charge is 0.231 e. The summed E-state index contributed by atoms with van der Waals surface area (Å²) < 4.78 is 7.14.